The quantitative estimate of drug-likeness (QED) is 0.593. The van der Waals surface area contributed by atoms with Crippen LogP contribution in [0.4, 0.5) is 0 Å². The van der Waals surface area contributed by atoms with E-state index in [4.69, 9.17) is 0 Å². The Kier molecular flexibility index (Phi) is 4.92. The zero-order valence-corrected chi connectivity index (χ0v) is 15.2. The van der Waals surface area contributed by atoms with E-state index >= 15 is 0 Å². The molecule has 2 aromatic rings. The van der Waals surface area contributed by atoms with Gasteiger partial charge in [-0.2, -0.15) is 8.42 Å². The van der Waals surface area contributed by atoms with E-state index < -0.39 is 19.9 Å². The third-order valence-corrected chi connectivity index (χ3v) is 7.86. The van der Waals surface area contributed by atoms with Crippen molar-refractivity contribution in [3.05, 3.63) is 42.0 Å². The predicted molar refractivity (Wildman–Crippen MR) is 90.3 cm³/mol. The predicted octanol–water partition coefficient (Wildman–Crippen LogP) is 2.17. The zero-order valence-electron chi connectivity index (χ0n) is 12.8. The lowest BCUT2D eigenvalue weighted by Crippen LogP contribution is -2.09. The number of thiophene rings is 1. The van der Waals surface area contributed by atoms with Gasteiger partial charge in [-0.15, -0.1) is 15.7 Å². The second-order valence-corrected chi connectivity index (χ2v) is 10.2. The summed E-state index contributed by atoms with van der Waals surface area (Å²) in [4.78, 5) is 1.61. The van der Waals surface area contributed by atoms with E-state index in [0.29, 0.717) is 11.3 Å². The van der Waals surface area contributed by atoms with Crippen LogP contribution in [-0.4, -0.2) is 42.2 Å². The number of hydrogen-bond donors (Lipinski definition) is 0. The molecule has 1 aromatic carbocycles. The van der Waals surface area contributed by atoms with Crippen LogP contribution in [0.15, 0.2) is 54.1 Å². The van der Waals surface area contributed by atoms with Crippen LogP contribution in [0.5, 0.6) is 0 Å². The van der Waals surface area contributed by atoms with Crippen LogP contribution in [0.25, 0.3) is 0 Å². The third-order valence-electron chi connectivity index (χ3n) is 2.82. The van der Waals surface area contributed by atoms with Gasteiger partial charge in [-0.25, -0.2) is 8.42 Å². The zero-order chi connectivity index (χ0) is 17.3. The summed E-state index contributed by atoms with van der Waals surface area (Å²) in [6, 6.07) is 8.94. The molecule has 1 heterocycles. The maximum Gasteiger partial charge on any atom is 0.293 e. The molecule has 0 N–H and O–H groups in total. The fourth-order valence-electron chi connectivity index (χ4n) is 1.63. The molecule has 0 aliphatic carbocycles. The average Bonchev–Trinajstić information content (AvgIpc) is 2.97. The highest BCUT2D eigenvalue weighted by Gasteiger charge is 2.23. The Bertz CT molecular complexity index is 925. The summed E-state index contributed by atoms with van der Waals surface area (Å²) in [5, 5.41) is 0. The monoisotopic (exact) mass is 372 g/mol. The number of rotatable bonds is 5. The molecular weight excluding hydrogens is 356 g/mol. The molecular formula is C14H16N2O4S3. The molecule has 0 spiro atoms. The summed E-state index contributed by atoms with van der Waals surface area (Å²) in [5.74, 6) is 0. The molecule has 0 saturated heterocycles. The van der Waals surface area contributed by atoms with E-state index in [2.05, 4.69) is 4.40 Å². The van der Waals surface area contributed by atoms with Crippen LogP contribution in [0.3, 0.4) is 0 Å². The van der Waals surface area contributed by atoms with E-state index in [1.165, 1.54) is 29.2 Å². The maximum absolute atomic E-state index is 12.5. The fraction of sp³-hybridized carbons (Fsp3) is 0.214. The molecule has 0 aliphatic rings. The fourth-order valence-corrected chi connectivity index (χ4v) is 5.70. The smallest absolute Gasteiger partial charge is 0.293 e. The van der Waals surface area contributed by atoms with Gasteiger partial charge in [0.2, 0.25) is 9.84 Å². The minimum absolute atomic E-state index is 0.0278. The van der Waals surface area contributed by atoms with Crippen LogP contribution in [-0.2, 0) is 19.9 Å². The molecule has 6 nitrogen and oxygen atoms in total. The highest BCUT2D eigenvalue weighted by atomic mass is 32.3. The van der Waals surface area contributed by atoms with Gasteiger partial charge >= 0.3 is 0 Å². The molecule has 23 heavy (non-hydrogen) atoms. The Morgan fingerprint density at radius 2 is 1.52 bits per heavy atom. The summed E-state index contributed by atoms with van der Waals surface area (Å²) < 4.78 is 52.5. The number of sulfonamides is 1. The molecule has 0 atom stereocenters. The summed E-state index contributed by atoms with van der Waals surface area (Å²) in [7, 11) is -4.36. The second kappa shape index (κ2) is 6.42. The number of benzene rings is 1. The van der Waals surface area contributed by atoms with E-state index in [9.17, 15) is 16.8 Å². The number of aryl methyl sites for hydroxylation is 1. The van der Waals surface area contributed by atoms with Crippen molar-refractivity contribution in [2.75, 3.05) is 14.1 Å². The standard InChI is InChI=1S/C14H16N2O4S3/c1-11-4-6-12(7-5-11)22(17,18)13-8-9-14(21-13)23(19,20)15-10-16(2)3/h4-10H,1-3H3/b15-10+. The molecule has 124 valence electrons. The molecule has 0 bridgehead atoms. The van der Waals surface area contributed by atoms with Crippen molar-refractivity contribution in [1.82, 2.24) is 4.90 Å². The van der Waals surface area contributed by atoms with Crippen LogP contribution in [0, 0.1) is 6.92 Å². The van der Waals surface area contributed by atoms with Gasteiger partial charge in [-0.05, 0) is 31.2 Å². The topological polar surface area (TPSA) is 83.9 Å². The molecule has 0 radical (unpaired) electrons. The largest absolute Gasteiger partial charge is 0.368 e. The molecule has 0 saturated carbocycles. The van der Waals surface area contributed by atoms with Gasteiger partial charge in [0.25, 0.3) is 10.0 Å². The summed E-state index contributed by atoms with van der Waals surface area (Å²) in [5.41, 5.74) is 0.941. The second-order valence-electron chi connectivity index (χ2n) is 5.05. The highest BCUT2D eigenvalue weighted by Crippen LogP contribution is 2.31. The van der Waals surface area contributed by atoms with Gasteiger partial charge in [0, 0.05) is 14.1 Å². The molecule has 0 aliphatic heterocycles. The average molecular weight is 372 g/mol. The lowest BCUT2D eigenvalue weighted by molar-refractivity contribution is 0.596. The summed E-state index contributed by atoms with van der Waals surface area (Å²) in [6.07, 6.45) is 1.16. The number of sulfone groups is 1. The highest BCUT2D eigenvalue weighted by molar-refractivity contribution is 7.95. The Morgan fingerprint density at radius 1 is 0.957 bits per heavy atom. The van der Waals surface area contributed by atoms with Gasteiger partial charge in [0.1, 0.15) is 14.8 Å². The van der Waals surface area contributed by atoms with Crippen molar-refractivity contribution in [3.8, 4) is 0 Å². The van der Waals surface area contributed by atoms with Crippen LogP contribution in [0.1, 0.15) is 5.56 Å². The normalized spacial score (nSPS) is 12.7. The first-order valence-corrected chi connectivity index (χ1v) is 10.3. The van der Waals surface area contributed by atoms with Crippen molar-refractivity contribution in [2.24, 2.45) is 4.40 Å². The SMILES string of the molecule is Cc1ccc(S(=O)(=O)c2ccc(S(=O)(=O)/N=C/N(C)C)s2)cc1. The lowest BCUT2D eigenvalue weighted by Gasteiger charge is -2.02. The van der Waals surface area contributed by atoms with Gasteiger partial charge in [-0.3, -0.25) is 0 Å². The van der Waals surface area contributed by atoms with Gasteiger partial charge in [-0.1, -0.05) is 17.7 Å². The molecule has 2 rings (SSSR count). The van der Waals surface area contributed by atoms with Gasteiger partial charge in [0.15, 0.2) is 0 Å². The van der Waals surface area contributed by atoms with Crippen molar-refractivity contribution in [3.63, 3.8) is 0 Å². The minimum Gasteiger partial charge on any atom is -0.368 e. The van der Waals surface area contributed by atoms with E-state index in [-0.39, 0.29) is 13.3 Å². The van der Waals surface area contributed by atoms with E-state index in [1.54, 1.807) is 26.2 Å². The van der Waals surface area contributed by atoms with Crippen LogP contribution < -0.4 is 0 Å². The summed E-state index contributed by atoms with van der Waals surface area (Å²) in [6.45, 7) is 1.86. The number of hydrogen-bond acceptors (Lipinski definition) is 5. The molecule has 0 amide bonds. The van der Waals surface area contributed by atoms with Crippen LogP contribution in [0.2, 0.25) is 0 Å². The number of nitrogens with zero attached hydrogens (tertiary/aromatic N) is 2. The van der Waals surface area contributed by atoms with Crippen molar-refractivity contribution in [2.45, 2.75) is 20.2 Å². The van der Waals surface area contributed by atoms with Crippen LogP contribution >= 0.6 is 11.3 Å². The van der Waals surface area contributed by atoms with Gasteiger partial charge in [0.05, 0.1) is 4.90 Å². The lowest BCUT2D eigenvalue weighted by atomic mass is 10.2. The van der Waals surface area contributed by atoms with Gasteiger partial charge < -0.3 is 4.90 Å². The Balaban J connectivity index is 2.41. The maximum atomic E-state index is 12.5. The first-order chi connectivity index (χ1) is 10.6. The Morgan fingerprint density at radius 3 is 2.09 bits per heavy atom. The van der Waals surface area contributed by atoms with Crippen molar-refractivity contribution < 1.29 is 16.8 Å². The third kappa shape index (κ3) is 3.98. The van der Waals surface area contributed by atoms with Crippen molar-refractivity contribution >= 4 is 37.5 Å². The molecule has 9 heteroatoms. The minimum atomic E-state index is -3.90. The first kappa shape index (κ1) is 17.6. The first-order valence-electron chi connectivity index (χ1n) is 6.51. The Labute approximate surface area is 140 Å². The Hall–Kier alpha value is -1.71. The van der Waals surface area contributed by atoms with Crippen molar-refractivity contribution in [1.29, 1.82) is 0 Å². The van der Waals surface area contributed by atoms with E-state index in [1.807, 2.05) is 6.92 Å². The molecule has 1 aromatic heterocycles. The molecule has 0 unspecified atom stereocenters. The summed E-state index contributed by atoms with van der Waals surface area (Å²) >= 11 is 0.689. The molecule has 0 fully saturated rings. The van der Waals surface area contributed by atoms with E-state index in [0.717, 1.165) is 11.9 Å².